The lowest BCUT2D eigenvalue weighted by Gasteiger charge is -2.15. The van der Waals surface area contributed by atoms with Crippen LogP contribution in [0.4, 0.5) is 0 Å². The van der Waals surface area contributed by atoms with Gasteiger partial charge in [-0.2, -0.15) is 0 Å². The molecule has 46 heavy (non-hydrogen) atoms. The Hall–Kier alpha value is -5.65. The second kappa shape index (κ2) is 12.0. The highest BCUT2D eigenvalue weighted by Crippen LogP contribution is 2.34. The fourth-order valence-corrected chi connectivity index (χ4v) is 6.15. The summed E-state index contributed by atoms with van der Waals surface area (Å²) in [5.74, 6) is 1.78. The molecule has 6 heteroatoms. The van der Waals surface area contributed by atoms with Crippen molar-refractivity contribution in [3.63, 3.8) is 0 Å². The van der Waals surface area contributed by atoms with Crippen molar-refractivity contribution >= 4 is 22.8 Å². The fourth-order valence-electron chi connectivity index (χ4n) is 5.96. The van der Waals surface area contributed by atoms with Gasteiger partial charge in [0, 0.05) is 40.1 Å². The number of benzene rings is 4. The van der Waals surface area contributed by atoms with Crippen molar-refractivity contribution in [3.05, 3.63) is 162 Å². The molecule has 1 aliphatic rings. The van der Waals surface area contributed by atoms with Crippen LogP contribution in [-0.4, -0.2) is 24.5 Å². The summed E-state index contributed by atoms with van der Waals surface area (Å²) in [6.07, 6.45) is 11.4. The van der Waals surface area contributed by atoms with E-state index in [0.29, 0.717) is 27.9 Å². The van der Waals surface area contributed by atoms with Crippen molar-refractivity contribution in [2.24, 2.45) is 0 Å². The Bertz CT molecular complexity index is 2180. The molecule has 3 heterocycles. The lowest BCUT2D eigenvalue weighted by Crippen LogP contribution is -2.01. The Morgan fingerprint density at radius 1 is 0.630 bits per heavy atom. The molecule has 3 aromatic heterocycles. The van der Waals surface area contributed by atoms with Crippen molar-refractivity contribution in [2.75, 3.05) is 0 Å². The minimum absolute atomic E-state index is 0.373. The first-order valence-corrected chi connectivity index (χ1v) is 15.7. The molecule has 0 aliphatic heterocycles. The van der Waals surface area contributed by atoms with Crippen LogP contribution in [0.1, 0.15) is 17.9 Å². The van der Waals surface area contributed by atoms with Gasteiger partial charge in [0.1, 0.15) is 11.3 Å². The van der Waals surface area contributed by atoms with Crippen LogP contribution in [0.3, 0.4) is 0 Å². The van der Waals surface area contributed by atoms with Crippen molar-refractivity contribution < 1.29 is 0 Å². The fraction of sp³-hybridized carbons (Fsp3) is 0.0500. The van der Waals surface area contributed by atoms with Gasteiger partial charge in [-0.25, -0.2) is 19.9 Å². The summed E-state index contributed by atoms with van der Waals surface area (Å²) in [6, 6.07) is 41.1. The number of nitrogens with zero attached hydrogens (tertiary/aromatic N) is 5. The Balaban J connectivity index is 1.27. The summed E-state index contributed by atoms with van der Waals surface area (Å²) in [5, 5.41) is 0.559. The summed E-state index contributed by atoms with van der Waals surface area (Å²) in [4.78, 5) is 19.9. The van der Waals surface area contributed by atoms with Crippen molar-refractivity contribution in [1.29, 1.82) is 0 Å². The molecule has 5 nitrogen and oxygen atoms in total. The summed E-state index contributed by atoms with van der Waals surface area (Å²) in [7, 11) is 0. The van der Waals surface area contributed by atoms with Crippen LogP contribution < -0.4 is 0 Å². The number of allylic oxidation sites excluding steroid dienone is 4. The van der Waals surface area contributed by atoms with E-state index in [9.17, 15) is 0 Å². The number of hydrogen-bond acceptors (Lipinski definition) is 4. The lowest BCUT2D eigenvalue weighted by atomic mass is 9.92. The van der Waals surface area contributed by atoms with Crippen LogP contribution in [0.25, 0.3) is 62.1 Å². The van der Waals surface area contributed by atoms with Crippen LogP contribution in [0.5, 0.6) is 0 Å². The molecule has 0 spiro atoms. The molecule has 0 N–H and O–H groups in total. The number of fused-ring (bicyclic) bond motifs is 1. The normalized spacial score (nSPS) is 14.2. The second-order valence-electron chi connectivity index (χ2n) is 11.3. The number of pyridine rings is 1. The molecule has 0 radical (unpaired) electrons. The third-order valence-corrected chi connectivity index (χ3v) is 8.61. The average Bonchev–Trinajstić information content (AvgIpc) is 3.54. The van der Waals surface area contributed by atoms with E-state index in [1.807, 2.05) is 48.5 Å². The second-order valence-corrected chi connectivity index (χ2v) is 11.7. The van der Waals surface area contributed by atoms with Gasteiger partial charge in [0.25, 0.3) is 0 Å². The highest BCUT2D eigenvalue weighted by atomic mass is 35.5. The van der Waals surface area contributed by atoms with E-state index in [-0.39, 0.29) is 0 Å². The molecule has 7 aromatic rings. The molecule has 8 rings (SSSR count). The quantitative estimate of drug-likeness (QED) is 0.187. The van der Waals surface area contributed by atoms with Crippen LogP contribution in [-0.2, 0) is 0 Å². The van der Waals surface area contributed by atoms with Gasteiger partial charge in [0.05, 0.1) is 16.4 Å². The Labute approximate surface area is 272 Å². The highest BCUT2D eigenvalue weighted by molar-refractivity contribution is 6.34. The van der Waals surface area contributed by atoms with Crippen LogP contribution >= 0.6 is 11.6 Å². The minimum atomic E-state index is 0.373. The number of rotatable bonds is 6. The smallest absolute Gasteiger partial charge is 0.166 e. The lowest BCUT2D eigenvalue weighted by molar-refractivity contribution is 0.854. The zero-order valence-corrected chi connectivity index (χ0v) is 25.6. The molecule has 0 saturated carbocycles. The summed E-state index contributed by atoms with van der Waals surface area (Å²) < 4.78 is 2.07. The van der Waals surface area contributed by atoms with Crippen LogP contribution in [0.2, 0.25) is 5.02 Å². The zero-order valence-electron chi connectivity index (χ0n) is 24.8. The number of hydrogen-bond donors (Lipinski definition) is 0. The first-order chi connectivity index (χ1) is 22.7. The number of halogens is 1. The standard InChI is InChI=1S/C40H28ClN5/c41-34-23-24-42-40-37(34)45-39(31-21-19-28(20-22-31)27-11-4-1-5-12-27)46(40)33-18-10-17-32(25-33)38-43-35(29-13-6-2-7-14-29)26-36(44-38)30-15-8-3-9-16-30/h1-11,13-27H,12H2. The molecule has 1 atom stereocenters. The minimum Gasteiger partial charge on any atom is -0.277 e. The Morgan fingerprint density at radius 3 is 2.00 bits per heavy atom. The predicted molar refractivity (Wildman–Crippen MR) is 187 cm³/mol. The van der Waals surface area contributed by atoms with E-state index in [2.05, 4.69) is 95.6 Å². The topological polar surface area (TPSA) is 56.5 Å². The largest absolute Gasteiger partial charge is 0.277 e. The van der Waals surface area contributed by atoms with Gasteiger partial charge in [-0.3, -0.25) is 4.57 Å². The summed E-state index contributed by atoms with van der Waals surface area (Å²) >= 11 is 6.67. The number of imidazole rings is 1. The molecule has 0 saturated heterocycles. The first kappa shape index (κ1) is 27.9. The molecule has 0 bridgehead atoms. The van der Waals surface area contributed by atoms with Gasteiger partial charge in [-0.15, -0.1) is 0 Å². The summed E-state index contributed by atoms with van der Waals surface area (Å²) in [5.41, 5.74) is 9.16. The third-order valence-electron chi connectivity index (χ3n) is 8.30. The molecule has 0 amide bonds. The molecule has 1 unspecified atom stereocenters. The van der Waals surface area contributed by atoms with Gasteiger partial charge >= 0.3 is 0 Å². The van der Waals surface area contributed by atoms with Gasteiger partial charge < -0.3 is 0 Å². The predicted octanol–water partition coefficient (Wildman–Crippen LogP) is 10.1. The first-order valence-electron chi connectivity index (χ1n) is 15.3. The molecular formula is C40H28ClN5. The monoisotopic (exact) mass is 613 g/mol. The van der Waals surface area contributed by atoms with E-state index in [0.717, 1.165) is 51.6 Å². The maximum Gasteiger partial charge on any atom is 0.166 e. The van der Waals surface area contributed by atoms with Gasteiger partial charge in [0.2, 0.25) is 0 Å². The molecular weight excluding hydrogens is 586 g/mol. The maximum atomic E-state index is 6.67. The Kier molecular flexibility index (Phi) is 7.29. The van der Waals surface area contributed by atoms with Crippen molar-refractivity contribution in [3.8, 4) is 51.0 Å². The van der Waals surface area contributed by atoms with Crippen molar-refractivity contribution in [1.82, 2.24) is 24.5 Å². The average molecular weight is 614 g/mol. The van der Waals surface area contributed by atoms with E-state index in [1.54, 1.807) is 12.3 Å². The molecule has 0 fully saturated rings. The zero-order chi connectivity index (χ0) is 30.9. The van der Waals surface area contributed by atoms with Gasteiger partial charge in [-0.05, 0) is 36.2 Å². The molecule has 220 valence electrons. The van der Waals surface area contributed by atoms with E-state index < -0.39 is 0 Å². The van der Waals surface area contributed by atoms with Gasteiger partial charge in [0.15, 0.2) is 11.5 Å². The van der Waals surface area contributed by atoms with Crippen LogP contribution in [0.15, 0.2) is 152 Å². The van der Waals surface area contributed by atoms with E-state index >= 15 is 0 Å². The maximum absolute atomic E-state index is 6.67. The number of aromatic nitrogens is 5. The third kappa shape index (κ3) is 5.31. The SMILES string of the molecule is Clc1ccnc2c1nc(-c1ccc(C3C=CC=CC3)cc1)n2-c1cccc(-c2nc(-c3ccccc3)cc(-c3ccccc3)n2)c1. The van der Waals surface area contributed by atoms with Crippen LogP contribution in [0, 0.1) is 0 Å². The Morgan fingerprint density at radius 2 is 1.33 bits per heavy atom. The van der Waals surface area contributed by atoms with Gasteiger partial charge in [-0.1, -0.05) is 133 Å². The molecule has 4 aromatic carbocycles. The van der Waals surface area contributed by atoms with Crippen molar-refractivity contribution in [2.45, 2.75) is 12.3 Å². The molecule has 1 aliphatic carbocycles. The summed E-state index contributed by atoms with van der Waals surface area (Å²) in [6.45, 7) is 0. The van der Waals surface area contributed by atoms with E-state index in [1.165, 1.54) is 5.56 Å². The highest BCUT2D eigenvalue weighted by Gasteiger charge is 2.19. The van der Waals surface area contributed by atoms with E-state index in [4.69, 9.17) is 31.5 Å².